The molecule has 1 aromatic heterocycles. The molecule has 0 atom stereocenters. The molecule has 3 rings (SSSR count). The highest BCUT2D eigenvalue weighted by atomic mass is 16.2. The molecule has 28 heavy (non-hydrogen) atoms. The van der Waals surface area contributed by atoms with Crippen LogP contribution in [-0.4, -0.2) is 23.3 Å². The molecule has 0 radical (unpaired) electrons. The summed E-state index contributed by atoms with van der Waals surface area (Å²) < 4.78 is 0. The zero-order chi connectivity index (χ0) is 19.9. The van der Waals surface area contributed by atoms with Crippen molar-refractivity contribution in [3.05, 3.63) is 94.8 Å². The first-order valence-electron chi connectivity index (χ1n) is 9.19. The number of benzene rings is 2. The van der Waals surface area contributed by atoms with Crippen LogP contribution in [0.4, 0.5) is 5.69 Å². The molecule has 0 aliphatic heterocycles. The van der Waals surface area contributed by atoms with Gasteiger partial charge in [-0.3, -0.25) is 14.6 Å². The third kappa shape index (κ3) is 5.04. The molecule has 2 amide bonds. The summed E-state index contributed by atoms with van der Waals surface area (Å²) in [6.07, 6.45) is 3.66. The average molecular weight is 373 g/mol. The van der Waals surface area contributed by atoms with Gasteiger partial charge in [0.05, 0.1) is 11.1 Å². The van der Waals surface area contributed by atoms with Gasteiger partial charge in [-0.05, 0) is 43.5 Å². The standard InChI is InChI=1S/C23H23N3O2/c1-16-8-9-21(17(2)12-16)26-23(28)20-13-19(14-24-15-20)22(27)25-11-10-18-6-4-3-5-7-18/h3-9,12-15H,10-11H2,1-2H3,(H,25,27)(H,26,28). The van der Waals surface area contributed by atoms with E-state index in [0.29, 0.717) is 17.7 Å². The third-order valence-electron chi connectivity index (χ3n) is 4.43. The average Bonchev–Trinajstić information content (AvgIpc) is 2.71. The first kappa shape index (κ1) is 19.3. The molecule has 0 unspecified atom stereocenters. The molecule has 2 N–H and O–H groups in total. The number of nitrogens with one attached hydrogen (secondary N) is 2. The van der Waals surface area contributed by atoms with Crippen molar-refractivity contribution in [1.82, 2.24) is 10.3 Å². The van der Waals surface area contributed by atoms with E-state index in [9.17, 15) is 9.59 Å². The number of nitrogens with zero attached hydrogens (tertiary/aromatic N) is 1. The Balaban J connectivity index is 1.62. The highest BCUT2D eigenvalue weighted by molar-refractivity contribution is 6.06. The van der Waals surface area contributed by atoms with Crippen LogP contribution in [0.25, 0.3) is 0 Å². The summed E-state index contributed by atoms with van der Waals surface area (Å²) in [6.45, 7) is 4.46. The van der Waals surface area contributed by atoms with Gasteiger partial charge in [0.15, 0.2) is 0 Å². The fourth-order valence-electron chi connectivity index (χ4n) is 2.90. The molecule has 0 saturated carbocycles. The molecule has 0 saturated heterocycles. The number of carbonyl (C=O) groups excluding carboxylic acids is 2. The van der Waals surface area contributed by atoms with E-state index in [2.05, 4.69) is 15.6 Å². The van der Waals surface area contributed by atoms with Gasteiger partial charge in [0.1, 0.15) is 0 Å². The maximum atomic E-state index is 12.5. The second-order valence-corrected chi connectivity index (χ2v) is 6.73. The lowest BCUT2D eigenvalue weighted by molar-refractivity contribution is 0.0953. The van der Waals surface area contributed by atoms with Crippen LogP contribution in [0.3, 0.4) is 0 Å². The Bertz CT molecular complexity index is 984. The largest absolute Gasteiger partial charge is 0.352 e. The fraction of sp³-hybridized carbons (Fsp3) is 0.174. The van der Waals surface area contributed by atoms with Crippen molar-refractivity contribution in [2.45, 2.75) is 20.3 Å². The Morgan fingerprint density at radius 1 is 0.893 bits per heavy atom. The van der Waals surface area contributed by atoms with Crippen LogP contribution in [0, 0.1) is 13.8 Å². The summed E-state index contributed by atoms with van der Waals surface area (Å²) in [5.41, 5.74) is 4.72. The third-order valence-corrected chi connectivity index (χ3v) is 4.43. The van der Waals surface area contributed by atoms with E-state index < -0.39 is 0 Å². The quantitative estimate of drug-likeness (QED) is 0.688. The summed E-state index contributed by atoms with van der Waals surface area (Å²) in [5.74, 6) is -0.539. The van der Waals surface area contributed by atoms with Gasteiger partial charge in [0.2, 0.25) is 0 Å². The Morgan fingerprint density at radius 3 is 2.32 bits per heavy atom. The van der Waals surface area contributed by atoms with Gasteiger partial charge in [-0.1, -0.05) is 48.0 Å². The Hall–Kier alpha value is -3.47. The van der Waals surface area contributed by atoms with Crippen molar-refractivity contribution in [1.29, 1.82) is 0 Å². The molecule has 0 spiro atoms. The number of hydrogen-bond donors (Lipinski definition) is 2. The molecule has 0 aliphatic carbocycles. The van der Waals surface area contributed by atoms with Gasteiger partial charge < -0.3 is 10.6 Å². The summed E-state index contributed by atoms with van der Waals surface area (Å²) in [4.78, 5) is 29.0. The van der Waals surface area contributed by atoms with E-state index in [1.807, 2.05) is 62.4 Å². The number of pyridine rings is 1. The molecule has 1 heterocycles. The second-order valence-electron chi connectivity index (χ2n) is 6.73. The molecule has 0 aliphatic rings. The lowest BCUT2D eigenvalue weighted by atomic mass is 10.1. The van der Waals surface area contributed by atoms with E-state index in [0.717, 1.165) is 28.8 Å². The normalized spacial score (nSPS) is 10.4. The lowest BCUT2D eigenvalue weighted by Gasteiger charge is -2.10. The monoisotopic (exact) mass is 373 g/mol. The van der Waals surface area contributed by atoms with Gasteiger partial charge >= 0.3 is 0 Å². The van der Waals surface area contributed by atoms with Gasteiger partial charge in [-0.15, -0.1) is 0 Å². The van der Waals surface area contributed by atoms with Crippen LogP contribution in [0.15, 0.2) is 67.0 Å². The van der Waals surface area contributed by atoms with E-state index in [4.69, 9.17) is 0 Å². The smallest absolute Gasteiger partial charge is 0.257 e. The summed E-state index contributed by atoms with van der Waals surface area (Å²) in [7, 11) is 0. The van der Waals surface area contributed by atoms with E-state index in [1.54, 1.807) is 6.07 Å². The van der Waals surface area contributed by atoms with Crippen LogP contribution in [-0.2, 0) is 6.42 Å². The van der Waals surface area contributed by atoms with Crippen molar-refractivity contribution in [3.63, 3.8) is 0 Å². The van der Waals surface area contributed by atoms with Gasteiger partial charge in [-0.2, -0.15) is 0 Å². The highest BCUT2D eigenvalue weighted by Gasteiger charge is 2.12. The number of rotatable bonds is 6. The van der Waals surface area contributed by atoms with E-state index in [-0.39, 0.29) is 11.8 Å². The summed E-state index contributed by atoms with van der Waals surface area (Å²) in [6, 6.07) is 17.3. The Morgan fingerprint density at radius 2 is 1.61 bits per heavy atom. The van der Waals surface area contributed by atoms with Gasteiger partial charge in [0.25, 0.3) is 11.8 Å². The molecule has 5 heteroatoms. The van der Waals surface area contributed by atoms with Crippen LogP contribution in [0.5, 0.6) is 0 Å². The lowest BCUT2D eigenvalue weighted by Crippen LogP contribution is -2.26. The maximum absolute atomic E-state index is 12.5. The fourth-order valence-corrected chi connectivity index (χ4v) is 2.90. The maximum Gasteiger partial charge on any atom is 0.257 e. The molecule has 0 fully saturated rings. The van der Waals surface area contributed by atoms with E-state index in [1.165, 1.54) is 12.4 Å². The number of amides is 2. The van der Waals surface area contributed by atoms with Crippen LogP contribution < -0.4 is 10.6 Å². The second kappa shape index (κ2) is 8.95. The van der Waals surface area contributed by atoms with Crippen molar-refractivity contribution in [2.75, 3.05) is 11.9 Å². The molecular formula is C23H23N3O2. The van der Waals surface area contributed by atoms with Crippen molar-refractivity contribution < 1.29 is 9.59 Å². The minimum absolute atomic E-state index is 0.246. The van der Waals surface area contributed by atoms with Gasteiger partial charge in [-0.25, -0.2) is 0 Å². The zero-order valence-electron chi connectivity index (χ0n) is 16.0. The van der Waals surface area contributed by atoms with Crippen LogP contribution in [0.2, 0.25) is 0 Å². The van der Waals surface area contributed by atoms with Crippen molar-refractivity contribution in [3.8, 4) is 0 Å². The summed E-state index contributed by atoms with van der Waals surface area (Å²) >= 11 is 0. The van der Waals surface area contributed by atoms with Crippen LogP contribution >= 0.6 is 0 Å². The van der Waals surface area contributed by atoms with E-state index >= 15 is 0 Å². The molecule has 2 aromatic carbocycles. The topological polar surface area (TPSA) is 71.1 Å². The molecular weight excluding hydrogens is 350 g/mol. The molecule has 3 aromatic rings. The predicted molar refractivity (Wildman–Crippen MR) is 111 cm³/mol. The van der Waals surface area contributed by atoms with Crippen LogP contribution in [0.1, 0.15) is 37.4 Å². The minimum atomic E-state index is -0.293. The zero-order valence-corrected chi connectivity index (χ0v) is 16.0. The first-order chi connectivity index (χ1) is 13.5. The first-order valence-corrected chi connectivity index (χ1v) is 9.19. The minimum Gasteiger partial charge on any atom is -0.352 e. The number of carbonyl (C=O) groups is 2. The molecule has 5 nitrogen and oxygen atoms in total. The number of aromatic nitrogens is 1. The summed E-state index contributed by atoms with van der Waals surface area (Å²) in [5, 5.41) is 5.74. The number of aryl methyl sites for hydroxylation is 2. The van der Waals surface area contributed by atoms with Gasteiger partial charge in [0, 0.05) is 24.6 Å². The van der Waals surface area contributed by atoms with Crippen molar-refractivity contribution >= 4 is 17.5 Å². The Kier molecular flexibility index (Phi) is 6.17. The molecule has 142 valence electrons. The predicted octanol–water partition coefficient (Wildman–Crippen LogP) is 3.92. The highest BCUT2D eigenvalue weighted by Crippen LogP contribution is 2.17. The number of hydrogen-bond acceptors (Lipinski definition) is 3. The SMILES string of the molecule is Cc1ccc(NC(=O)c2cncc(C(=O)NCCc3ccccc3)c2)c(C)c1. The number of anilines is 1. The van der Waals surface area contributed by atoms with Crippen molar-refractivity contribution in [2.24, 2.45) is 0 Å². The molecule has 0 bridgehead atoms. The Labute approximate surface area is 164 Å².